The molecule has 1 aromatic rings. The Kier molecular flexibility index (Phi) is 3.95. The Morgan fingerprint density at radius 3 is 2.70 bits per heavy atom. The fourth-order valence-electron chi connectivity index (χ4n) is 2.99. The molecule has 0 N–H and O–H groups in total. The van der Waals surface area contributed by atoms with Gasteiger partial charge in [0.15, 0.2) is 0 Å². The van der Waals surface area contributed by atoms with Crippen molar-refractivity contribution in [2.75, 3.05) is 19.5 Å². The molecular formula is C16H22O6S. The minimum Gasteiger partial charge on any atom is -0.487 e. The molecule has 0 spiro atoms. The van der Waals surface area contributed by atoms with Crippen LogP contribution in [0.2, 0.25) is 0 Å². The Labute approximate surface area is 136 Å². The van der Waals surface area contributed by atoms with Crippen LogP contribution in [-0.4, -0.2) is 39.6 Å². The van der Waals surface area contributed by atoms with Gasteiger partial charge >= 0.3 is 0 Å². The fraction of sp³-hybridized carbons (Fsp3) is 0.625. The standard InChI is InChI=1S/C16H22O6S/c1-11-9-19-16(21-11,10-20-23(4,17)18)13-5-6-14-12(7-13)8-15(2,3)22-14/h5-7,11H,8-10H2,1-4H3. The predicted molar refractivity (Wildman–Crippen MR) is 83.8 cm³/mol. The minimum absolute atomic E-state index is 0.140. The van der Waals surface area contributed by atoms with Crippen molar-refractivity contribution >= 4 is 10.1 Å². The third kappa shape index (κ3) is 3.52. The van der Waals surface area contributed by atoms with E-state index in [4.69, 9.17) is 18.4 Å². The summed E-state index contributed by atoms with van der Waals surface area (Å²) in [4.78, 5) is 0. The zero-order chi connectivity index (χ0) is 16.9. The first kappa shape index (κ1) is 16.7. The summed E-state index contributed by atoms with van der Waals surface area (Å²) in [5, 5.41) is 0. The van der Waals surface area contributed by atoms with Crippen molar-refractivity contribution < 1.29 is 26.8 Å². The predicted octanol–water partition coefficient (Wildman–Crippen LogP) is 1.96. The summed E-state index contributed by atoms with van der Waals surface area (Å²) in [5.74, 6) is -0.367. The van der Waals surface area contributed by atoms with Gasteiger partial charge in [-0.3, -0.25) is 4.18 Å². The Morgan fingerprint density at radius 2 is 2.09 bits per heavy atom. The Balaban J connectivity index is 1.93. The molecule has 0 aromatic heterocycles. The number of benzene rings is 1. The molecule has 2 heterocycles. The van der Waals surface area contributed by atoms with Crippen molar-refractivity contribution in [1.29, 1.82) is 0 Å². The van der Waals surface area contributed by atoms with E-state index in [1.807, 2.05) is 39.0 Å². The van der Waals surface area contributed by atoms with Crippen LogP contribution in [0, 0.1) is 0 Å². The van der Waals surface area contributed by atoms with Gasteiger partial charge < -0.3 is 14.2 Å². The second-order valence-electron chi connectivity index (χ2n) is 6.82. The molecule has 6 nitrogen and oxygen atoms in total. The van der Waals surface area contributed by atoms with Gasteiger partial charge in [-0.25, -0.2) is 0 Å². The van der Waals surface area contributed by atoms with Gasteiger partial charge in [0, 0.05) is 12.0 Å². The highest BCUT2D eigenvalue weighted by molar-refractivity contribution is 7.85. The summed E-state index contributed by atoms with van der Waals surface area (Å²) in [6.45, 7) is 6.10. The van der Waals surface area contributed by atoms with Crippen molar-refractivity contribution in [3.05, 3.63) is 29.3 Å². The van der Waals surface area contributed by atoms with Gasteiger partial charge in [-0.05, 0) is 44.5 Å². The van der Waals surface area contributed by atoms with E-state index in [0.29, 0.717) is 6.61 Å². The highest BCUT2D eigenvalue weighted by atomic mass is 32.2. The van der Waals surface area contributed by atoms with E-state index < -0.39 is 15.9 Å². The first-order chi connectivity index (χ1) is 10.6. The third-order valence-corrected chi connectivity index (χ3v) is 4.45. The SMILES string of the molecule is CC1COC(COS(C)(=O)=O)(c2ccc3c(c2)CC(C)(C)O3)O1. The third-order valence-electron chi connectivity index (χ3n) is 3.91. The molecule has 0 saturated carbocycles. The summed E-state index contributed by atoms with van der Waals surface area (Å²) in [5.41, 5.74) is 1.55. The molecule has 7 heteroatoms. The molecule has 1 fully saturated rings. The number of fused-ring (bicyclic) bond motifs is 1. The van der Waals surface area contributed by atoms with Crippen LogP contribution in [0.25, 0.3) is 0 Å². The van der Waals surface area contributed by atoms with Crippen LogP contribution in [0.15, 0.2) is 18.2 Å². The average molecular weight is 342 g/mol. The zero-order valence-electron chi connectivity index (χ0n) is 13.8. The lowest BCUT2D eigenvalue weighted by atomic mass is 9.97. The maximum atomic E-state index is 11.4. The molecule has 0 radical (unpaired) electrons. The van der Waals surface area contributed by atoms with Gasteiger partial charge in [0.05, 0.1) is 19.0 Å². The molecule has 1 saturated heterocycles. The van der Waals surface area contributed by atoms with Crippen molar-refractivity contribution in [1.82, 2.24) is 0 Å². The monoisotopic (exact) mass is 342 g/mol. The Hall–Kier alpha value is -1.15. The lowest BCUT2D eigenvalue weighted by Crippen LogP contribution is -2.34. The van der Waals surface area contributed by atoms with Crippen LogP contribution in [0.1, 0.15) is 31.9 Å². The maximum absolute atomic E-state index is 11.4. The fourth-order valence-corrected chi connectivity index (χ4v) is 3.36. The van der Waals surface area contributed by atoms with Crippen LogP contribution in [-0.2, 0) is 36.0 Å². The smallest absolute Gasteiger partial charge is 0.264 e. The molecule has 2 unspecified atom stereocenters. The van der Waals surface area contributed by atoms with Gasteiger partial charge in [0.1, 0.15) is 18.0 Å². The average Bonchev–Trinajstić information content (AvgIpc) is 2.94. The quantitative estimate of drug-likeness (QED) is 0.779. The minimum atomic E-state index is -3.59. The molecule has 2 aliphatic rings. The second-order valence-corrected chi connectivity index (χ2v) is 8.46. The Morgan fingerprint density at radius 1 is 1.35 bits per heavy atom. The lowest BCUT2D eigenvalue weighted by molar-refractivity contribution is -0.193. The van der Waals surface area contributed by atoms with Crippen LogP contribution in [0.4, 0.5) is 0 Å². The molecule has 1 aromatic carbocycles. The molecule has 0 aliphatic carbocycles. The van der Waals surface area contributed by atoms with E-state index in [2.05, 4.69) is 0 Å². The maximum Gasteiger partial charge on any atom is 0.264 e. The van der Waals surface area contributed by atoms with Crippen molar-refractivity contribution in [2.45, 2.75) is 44.7 Å². The van der Waals surface area contributed by atoms with E-state index in [0.717, 1.165) is 29.6 Å². The second kappa shape index (κ2) is 5.44. The molecule has 0 amide bonds. The van der Waals surface area contributed by atoms with Crippen LogP contribution < -0.4 is 4.74 Å². The van der Waals surface area contributed by atoms with Crippen molar-refractivity contribution in [3.63, 3.8) is 0 Å². The highest BCUT2D eigenvalue weighted by Gasteiger charge is 2.44. The zero-order valence-corrected chi connectivity index (χ0v) is 14.6. The summed E-state index contributed by atoms with van der Waals surface area (Å²) >= 11 is 0. The number of ether oxygens (including phenoxy) is 3. The summed E-state index contributed by atoms with van der Waals surface area (Å²) in [7, 11) is -3.59. The van der Waals surface area contributed by atoms with Crippen molar-refractivity contribution in [3.8, 4) is 5.75 Å². The molecule has 128 valence electrons. The van der Waals surface area contributed by atoms with Crippen LogP contribution >= 0.6 is 0 Å². The normalized spacial score (nSPS) is 29.3. The topological polar surface area (TPSA) is 71.1 Å². The molecular weight excluding hydrogens is 320 g/mol. The Bertz CT molecular complexity index is 711. The van der Waals surface area contributed by atoms with E-state index in [-0.39, 0.29) is 18.3 Å². The van der Waals surface area contributed by atoms with Crippen LogP contribution in [0.3, 0.4) is 0 Å². The van der Waals surface area contributed by atoms with Gasteiger partial charge in [-0.2, -0.15) is 8.42 Å². The van der Waals surface area contributed by atoms with Gasteiger partial charge in [-0.1, -0.05) is 0 Å². The number of rotatable bonds is 4. The lowest BCUT2D eigenvalue weighted by Gasteiger charge is -2.27. The molecule has 2 atom stereocenters. The van der Waals surface area contributed by atoms with Crippen LogP contribution in [0.5, 0.6) is 5.75 Å². The molecule has 0 bridgehead atoms. The van der Waals surface area contributed by atoms with E-state index in [1.165, 1.54) is 0 Å². The highest BCUT2D eigenvalue weighted by Crippen LogP contribution is 2.40. The van der Waals surface area contributed by atoms with E-state index in [1.54, 1.807) is 0 Å². The summed E-state index contributed by atoms with van der Waals surface area (Å²) < 4.78 is 45.2. The molecule has 3 rings (SSSR count). The van der Waals surface area contributed by atoms with E-state index in [9.17, 15) is 8.42 Å². The van der Waals surface area contributed by atoms with Gasteiger partial charge in [0.2, 0.25) is 5.79 Å². The summed E-state index contributed by atoms with van der Waals surface area (Å²) in [6, 6.07) is 5.66. The van der Waals surface area contributed by atoms with Gasteiger partial charge in [0.25, 0.3) is 10.1 Å². The first-order valence-electron chi connectivity index (χ1n) is 7.57. The molecule has 23 heavy (non-hydrogen) atoms. The first-order valence-corrected chi connectivity index (χ1v) is 9.39. The largest absolute Gasteiger partial charge is 0.487 e. The summed E-state index contributed by atoms with van der Waals surface area (Å²) in [6.07, 6.45) is 1.64. The van der Waals surface area contributed by atoms with Gasteiger partial charge in [-0.15, -0.1) is 0 Å². The van der Waals surface area contributed by atoms with E-state index >= 15 is 0 Å². The molecule has 2 aliphatic heterocycles. The number of hydrogen-bond acceptors (Lipinski definition) is 6. The number of hydrogen-bond donors (Lipinski definition) is 0. The van der Waals surface area contributed by atoms with Crippen molar-refractivity contribution in [2.24, 2.45) is 0 Å².